The Kier molecular flexibility index (Phi) is 4.62. The Hall–Kier alpha value is -2.31. The number of carbonyl (C=O) groups is 1. The molecule has 1 N–H and O–H groups in total. The van der Waals surface area contributed by atoms with Gasteiger partial charge in [0.25, 0.3) is 5.91 Å². The van der Waals surface area contributed by atoms with Crippen LogP contribution in [-0.4, -0.2) is 30.6 Å². The maximum Gasteiger partial charge on any atom is 0.255 e. The summed E-state index contributed by atoms with van der Waals surface area (Å²) in [6.45, 7) is 8.32. The fourth-order valence-electron chi connectivity index (χ4n) is 2.29. The van der Waals surface area contributed by atoms with Crippen molar-refractivity contribution in [3.63, 3.8) is 0 Å². The molecule has 21 heavy (non-hydrogen) atoms. The van der Waals surface area contributed by atoms with Gasteiger partial charge in [-0.3, -0.25) is 4.79 Å². The maximum absolute atomic E-state index is 12.5. The van der Waals surface area contributed by atoms with E-state index in [0.717, 1.165) is 12.2 Å². The minimum atomic E-state index is -0.182. The summed E-state index contributed by atoms with van der Waals surface area (Å²) in [7, 11) is 0. The van der Waals surface area contributed by atoms with Crippen LogP contribution in [0.2, 0.25) is 0 Å². The summed E-state index contributed by atoms with van der Waals surface area (Å²) in [5.74, 6) is 0.587. The van der Waals surface area contributed by atoms with Crippen molar-refractivity contribution < 1.29 is 4.79 Å². The zero-order valence-corrected chi connectivity index (χ0v) is 12.8. The highest BCUT2D eigenvalue weighted by Crippen LogP contribution is 2.16. The summed E-state index contributed by atoms with van der Waals surface area (Å²) in [5, 5.41) is 7.15. The Balaban J connectivity index is 2.25. The highest BCUT2D eigenvalue weighted by molar-refractivity contribution is 5.96. The lowest BCUT2D eigenvalue weighted by molar-refractivity contribution is 0.0930. The fraction of sp³-hybridized carbons (Fsp3) is 0.500. The molecule has 112 valence electrons. The number of aromatic nitrogens is 5. The van der Waals surface area contributed by atoms with Crippen molar-refractivity contribution in [1.82, 2.24) is 30.0 Å². The molecule has 7 nitrogen and oxygen atoms in total. The summed E-state index contributed by atoms with van der Waals surface area (Å²) in [4.78, 5) is 24.9. The molecule has 0 bridgehead atoms. The van der Waals surface area contributed by atoms with Crippen LogP contribution in [0.25, 0.3) is 0 Å². The largest absolute Gasteiger partial charge is 0.342 e. The van der Waals surface area contributed by atoms with E-state index in [1.165, 1.54) is 12.7 Å². The molecule has 2 rings (SSSR count). The van der Waals surface area contributed by atoms with Crippen molar-refractivity contribution >= 4 is 5.91 Å². The van der Waals surface area contributed by atoms with E-state index in [9.17, 15) is 4.79 Å². The third-order valence-corrected chi connectivity index (χ3v) is 3.42. The second-order valence-corrected chi connectivity index (χ2v) is 4.79. The van der Waals surface area contributed by atoms with E-state index >= 15 is 0 Å². The predicted molar refractivity (Wildman–Crippen MR) is 77.7 cm³/mol. The number of carbonyl (C=O) groups excluding carboxylic acids is 1. The first-order chi connectivity index (χ1) is 10.1. The van der Waals surface area contributed by atoms with Gasteiger partial charge in [-0.15, -0.1) is 0 Å². The Labute approximate surface area is 123 Å². The zero-order valence-electron chi connectivity index (χ0n) is 12.8. The van der Waals surface area contributed by atoms with Gasteiger partial charge in [-0.1, -0.05) is 6.92 Å². The Bertz CT molecular complexity index is 616. The third kappa shape index (κ3) is 3.07. The van der Waals surface area contributed by atoms with Crippen LogP contribution < -0.4 is 5.32 Å². The van der Waals surface area contributed by atoms with Gasteiger partial charge in [0.05, 0.1) is 23.0 Å². The Morgan fingerprint density at radius 2 is 1.86 bits per heavy atom. The molecule has 0 saturated heterocycles. The molecular weight excluding hydrogens is 268 g/mol. The number of aryl methyl sites for hydroxylation is 3. The van der Waals surface area contributed by atoms with E-state index in [4.69, 9.17) is 0 Å². The van der Waals surface area contributed by atoms with Gasteiger partial charge in [-0.05, 0) is 27.2 Å². The van der Waals surface area contributed by atoms with Crippen LogP contribution in [0, 0.1) is 13.8 Å². The van der Waals surface area contributed by atoms with Crippen molar-refractivity contribution in [3.05, 3.63) is 35.4 Å². The summed E-state index contributed by atoms with van der Waals surface area (Å²) >= 11 is 0. The molecule has 1 amide bonds. The van der Waals surface area contributed by atoms with Gasteiger partial charge in [0.1, 0.15) is 18.5 Å². The second kappa shape index (κ2) is 6.43. The highest BCUT2D eigenvalue weighted by atomic mass is 16.1. The molecule has 0 aliphatic heterocycles. The quantitative estimate of drug-likeness (QED) is 0.903. The molecule has 2 aromatic heterocycles. The van der Waals surface area contributed by atoms with Crippen molar-refractivity contribution in [2.24, 2.45) is 0 Å². The molecule has 0 aliphatic carbocycles. The van der Waals surface area contributed by atoms with E-state index in [1.54, 1.807) is 18.5 Å². The molecule has 2 heterocycles. The predicted octanol–water partition coefficient (Wildman–Crippen LogP) is 1.59. The minimum Gasteiger partial charge on any atom is -0.342 e. The maximum atomic E-state index is 12.5. The van der Waals surface area contributed by atoms with E-state index < -0.39 is 0 Å². The highest BCUT2D eigenvalue weighted by Gasteiger charge is 2.21. The average Bonchev–Trinajstić information content (AvgIpc) is 2.92. The number of hydrogen-bond donors (Lipinski definition) is 1. The van der Waals surface area contributed by atoms with Crippen LogP contribution in [0.4, 0.5) is 0 Å². The first kappa shape index (κ1) is 15.1. The number of amides is 1. The smallest absolute Gasteiger partial charge is 0.255 e. The summed E-state index contributed by atoms with van der Waals surface area (Å²) in [5.41, 5.74) is 1.87. The number of nitrogens with one attached hydrogen (secondary N) is 1. The summed E-state index contributed by atoms with van der Waals surface area (Å²) in [6, 6.07) is -0.182. The normalized spacial score (nSPS) is 12.2. The fourth-order valence-corrected chi connectivity index (χ4v) is 2.29. The van der Waals surface area contributed by atoms with E-state index in [-0.39, 0.29) is 11.9 Å². The van der Waals surface area contributed by atoms with Gasteiger partial charge in [0, 0.05) is 6.54 Å². The van der Waals surface area contributed by atoms with E-state index in [2.05, 4.69) is 25.4 Å². The molecule has 0 aromatic carbocycles. The first-order valence-corrected chi connectivity index (χ1v) is 7.05. The molecule has 0 unspecified atom stereocenters. The summed E-state index contributed by atoms with van der Waals surface area (Å²) in [6.07, 6.45) is 3.71. The monoisotopic (exact) mass is 288 g/mol. The van der Waals surface area contributed by atoms with Crippen molar-refractivity contribution in [2.45, 2.75) is 46.7 Å². The molecule has 0 saturated carbocycles. The van der Waals surface area contributed by atoms with Crippen LogP contribution in [-0.2, 0) is 6.54 Å². The number of hydrogen-bond acceptors (Lipinski definition) is 5. The minimum absolute atomic E-state index is 0.178. The topological polar surface area (TPSA) is 85.6 Å². The van der Waals surface area contributed by atoms with Gasteiger partial charge in [-0.25, -0.2) is 19.6 Å². The number of nitrogens with zero attached hydrogens (tertiary/aromatic N) is 5. The van der Waals surface area contributed by atoms with Gasteiger partial charge in [0.2, 0.25) is 0 Å². The van der Waals surface area contributed by atoms with Crippen LogP contribution in [0.5, 0.6) is 0 Å². The Morgan fingerprint density at radius 3 is 2.43 bits per heavy atom. The lowest BCUT2D eigenvalue weighted by Gasteiger charge is -2.18. The molecule has 1 atom stereocenters. The van der Waals surface area contributed by atoms with E-state index in [0.29, 0.717) is 23.5 Å². The van der Waals surface area contributed by atoms with Crippen LogP contribution in [0.15, 0.2) is 12.7 Å². The molecule has 0 aliphatic rings. The standard InChI is InChI=1S/C14H20N6O/c1-5-11(13-17-8-18-20(13)6-2)19-14(21)12-9(3)15-7-16-10(12)4/h7-8,11H,5-6H2,1-4H3,(H,19,21)/t11-/m0/s1. The van der Waals surface area contributed by atoms with Crippen molar-refractivity contribution in [2.75, 3.05) is 0 Å². The van der Waals surface area contributed by atoms with Crippen LogP contribution in [0.1, 0.15) is 53.9 Å². The Morgan fingerprint density at radius 1 is 1.19 bits per heavy atom. The van der Waals surface area contributed by atoms with Crippen molar-refractivity contribution in [3.8, 4) is 0 Å². The molecule has 2 aromatic rings. The number of rotatable bonds is 5. The third-order valence-electron chi connectivity index (χ3n) is 3.42. The van der Waals surface area contributed by atoms with Gasteiger partial charge < -0.3 is 5.32 Å². The lowest BCUT2D eigenvalue weighted by Crippen LogP contribution is -2.31. The molecule has 0 radical (unpaired) electrons. The van der Waals surface area contributed by atoms with Crippen molar-refractivity contribution in [1.29, 1.82) is 0 Å². The first-order valence-electron chi connectivity index (χ1n) is 7.05. The molecule has 7 heteroatoms. The zero-order chi connectivity index (χ0) is 15.4. The molecule has 0 spiro atoms. The van der Waals surface area contributed by atoms with Crippen LogP contribution >= 0.6 is 0 Å². The second-order valence-electron chi connectivity index (χ2n) is 4.79. The van der Waals surface area contributed by atoms with Gasteiger partial charge in [0.15, 0.2) is 0 Å². The molecular formula is C14H20N6O. The molecule has 0 fully saturated rings. The SMILES string of the molecule is CC[C@H](NC(=O)c1c(C)ncnc1C)c1ncnn1CC. The van der Waals surface area contributed by atoms with E-state index in [1.807, 2.05) is 13.8 Å². The van der Waals surface area contributed by atoms with Gasteiger partial charge >= 0.3 is 0 Å². The average molecular weight is 288 g/mol. The van der Waals surface area contributed by atoms with Gasteiger partial charge in [-0.2, -0.15) is 5.10 Å². The van der Waals surface area contributed by atoms with Crippen LogP contribution in [0.3, 0.4) is 0 Å². The lowest BCUT2D eigenvalue weighted by atomic mass is 10.1. The summed E-state index contributed by atoms with van der Waals surface area (Å²) < 4.78 is 1.79.